The van der Waals surface area contributed by atoms with Gasteiger partial charge in [0.15, 0.2) is 0 Å². The van der Waals surface area contributed by atoms with Gasteiger partial charge in [0.1, 0.15) is 6.04 Å². The van der Waals surface area contributed by atoms with E-state index < -0.39 is 29.8 Å². The molecule has 0 saturated heterocycles. The van der Waals surface area contributed by atoms with Crippen LogP contribution in [0.25, 0.3) is 16.9 Å². The van der Waals surface area contributed by atoms with Crippen LogP contribution in [-0.2, 0) is 27.3 Å². The van der Waals surface area contributed by atoms with Gasteiger partial charge in [0.2, 0.25) is 17.7 Å². The summed E-state index contributed by atoms with van der Waals surface area (Å²) < 4.78 is 1.65. The molecule has 0 spiro atoms. The van der Waals surface area contributed by atoms with Crippen molar-refractivity contribution in [3.8, 4) is 16.9 Å². The summed E-state index contributed by atoms with van der Waals surface area (Å²) in [4.78, 5) is 41.2. The van der Waals surface area contributed by atoms with E-state index in [1.165, 1.54) is 0 Å². The molecule has 4 rings (SSSR count). The molecule has 0 unspecified atom stereocenters. The lowest BCUT2D eigenvalue weighted by Crippen LogP contribution is -2.49. The molecule has 10 nitrogen and oxygen atoms in total. The van der Waals surface area contributed by atoms with Crippen molar-refractivity contribution in [2.45, 2.75) is 31.5 Å². The molecule has 0 aliphatic rings. The number of nitrogens with one attached hydrogen (secondary N) is 2. The van der Waals surface area contributed by atoms with Crippen molar-refractivity contribution in [3.63, 3.8) is 0 Å². The van der Waals surface area contributed by atoms with Crippen LogP contribution in [0, 0.1) is 0 Å². The number of pyridine rings is 1. The highest BCUT2D eigenvalue weighted by Crippen LogP contribution is 2.27. The van der Waals surface area contributed by atoms with Crippen LogP contribution in [0.3, 0.4) is 0 Å². The van der Waals surface area contributed by atoms with E-state index in [0.29, 0.717) is 27.1 Å². The second-order valence-corrected chi connectivity index (χ2v) is 9.84. The highest BCUT2D eigenvalue weighted by Gasteiger charge is 2.24. The van der Waals surface area contributed by atoms with Crippen molar-refractivity contribution in [2.24, 2.45) is 11.5 Å². The zero-order valence-corrected chi connectivity index (χ0v) is 22.8. The smallest absolute Gasteiger partial charge is 0.240 e. The molecule has 6 N–H and O–H groups in total. The quantitative estimate of drug-likeness (QED) is 0.202. The standard InChI is InChI=1S/C28H27Cl2N7O3/c29-21-9-8-19(12-22(21)30)37-20(13-23(36-37)18-7-4-10-33-15-18)16-34-24(27(31)39)14-26(38)35-25(28(32)40)11-17-5-2-1-3-6-17/h1-10,12-13,15,24-25,34H,11,14,16H2,(H2,31,39)(H2,32,40)(H,35,38)/t24-,25-/m0/s1. The van der Waals surface area contributed by atoms with E-state index in [0.717, 1.165) is 11.1 Å². The Morgan fingerprint density at radius 1 is 0.900 bits per heavy atom. The Morgan fingerprint density at radius 3 is 2.30 bits per heavy atom. The predicted molar refractivity (Wildman–Crippen MR) is 153 cm³/mol. The van der Waals surface area contributed by atoms with Gasteiger partial charge in [-0.15, -0.1) is 0 Å². The van der Waals surface area contributed by atoms with Gasteiger partial charge < -0.3 is 16.8 Å². The van der Waals surface area contributed by atoms with Crippen LogP contribution in [0.5, 0.6) is 0 Å². The summed E-state index contributed by atoms with van der Waals surface area (Å²) in [5.41, 5.74) is 14.7. The Morgan fingerprint density at radius 2 is 1.65 bits per heavy atom. The SMILES string of the molecule is NC(=O)[C@H](CC(=O)N[C@@H](Cc1ccccc1)C(N)=O)NCc1cc(-c2cccnc2)nn1-c1ccc(Cl)c(Cl)c1. The summed E-state index contributed by atoms with van der Waals surface area (Å²) in [5, 5.41) is 11.1. The van der Waals surface area contributed by atoms with Crippen molar-refractivity contribution in [1.29, 1.82) is 0 Å². The summed E-state index contributed by atoms with van der Waals surface area (Å²) in [6.45, 7) is 0.123. The molecule has 206 valence electrons. The molecule has 2 atom stereocenters. The molecule has 2 aromatic carbocycles. The van der Waals surface area contributed by atoms with Gasteiger partial charge in [-0.2, -0.15) is 5.10 Å². The first-order valence-corrected chi connectivity index (χ1v) is 13.1. The van der Waals surface area contributed by atoms with Gasteiger partial charge in [0.05, 0.1) is 39.6 Å². The fourth-order valence-electron chi connectivity index (χ4n) is 4.05. The lowest BCUT2D eigenvalue weighted by Gasteiger charge is -2.19. The second kappa shape index (κ2) is 13.2. The topological polar surface area (TPSA) is 158 Å². The number of carbonyl (C=O) groups is 3. The van der Waals surface area contributed by atoms with Crippen LogP contribution >= 0.6 is 23.2 Å². The van der Waals surface area contributed by atoms with Gasteiger partial charge in [-0.25, -0.2) is 4.68 Å². The maximum absolute atomic E-state index is 12.8. The van der Waals surface area contributed by atoms with E-state index in [9.17, 15) is 14.4 Å². The molecule has 0 aliphatic heterocycles. The van der Waals surface area contributed by atoms with Gasteiger partial charge in [-0.3, -0.25) is 24.7 Å². The monoisotopic (exact) mass is 579 g/mol. The Labute approximate surface area is 240 Å². The number of aromatic nitrogens is 3. The minimum atomic E-state index is -1.04. The van der Waals surface area contributed by atoms with Gasteiger partial charge in [0, 0.05) is 30.9 Å². The average Bonchev–Trinajstić information content (AvgIpc) is 3.37. The lowest BCUT2D eigenvalue weighted by molar-refractivity contribution is -0.129. The highest BCUT2D eigenvalue weighted by atomic mass is 35.5. The second-order valence-electron chi connectivity index (χ2n) is 9.03. The maximum Gasteiger partial charge on any atom is 0.240 e. The van der Waals surface area contributed by atoms with Crippen molar-refractivity contribution in [2.75, 3.05) is 0 Å². The van der Waals surface area contributed by atoms with Crippen molar-refractivity contribution in [1.82, 2.24) is 25.4 Å². The Bertz CT molecular complexity index is 1500. The van der Waals surface area contributed by atoms with Crippen molar-refractivity contribution < 1.29 is 14.4 Å². The Balaban J connectivity index is 1.51. The molecule has 0 bridgehead atoms. The van der Waals surface area contributed by atoms with Crippen LogP contribution in [0.4, 0.5) is 0 Å². The molecule has 3 amide bonds. The molecule has 0 aliphatic carbocycles. The molecular formula is C28H27Cl2N7O3. The Kier molecular flexibility index (Phi) is 9.49. The van der Waals surface area contributed by atoms with E-state index in [-0.39, 0.29) is 19.4 Å². The zero-order valence-electron chi connectivity index (χ0n) is 21.3. The highest BCUT2D eigenvalue weighted by molar-refractivity contribution is 6.42. The summed E-state index contributed by atoms with van der Waals surface area (Å²) in [6, 6.07) is 17.7. The number of amides is 3. The molecule has 12 heteroatoms. The van der Waals surface area contributed by atoms with E-state index >= 15 is 0 Å². The minimum Gasteiger partial charge on any atom is -0.368 e. The third-order valence-corrected chi connectivity index (χ3v) is 6.85. The molecule has 0 radical (unpaired) electrons. The third kappa shape index (κ3) is 7.44. The largest absolute Gasteiger partial charge is 0.368 e. The predicted octanol–water partition coefficient (Wildman–Crippen LogP) is 2.79. The summed E-state index contributed by atoms with van der Waals surface area (Å²) in [6.07, 6.45) is 3.26. The summed E-state index contributed by atoms with van der Waals surface area (Å²) in [5.74, 6) is -1.97. The first-order valence-electron chi connectivity index (χ1n) is 12.3. The normalized spacial score (nSPS) is 12.4. The minimum absolute atomic E-state index is 0.123. The van der Waals surface area contributed by atoms with Gasteiger partial charge >= 0.3 is 0 Å². The van der Waals surface area contributed by atoms with Gasteiger partial charge in [0.25, 0.3) is 0 Å². The lowest BCUT2D eigenvalue weighted by atomic mass is 10.0. The molecule has 40 heavy (non-hydrogen) atoms. The Hall–Kier alpha value is -4.25. The number of hydrogen-bond acceptors (Lipinski definition) is 6. The fourth-order valence-corrected chi connectivity index (χ4v) is 4.35. The van der Waals surface area contributed by atoms with E-state index in [1.54, 1.807) is 41.3 Å². The van der Waals surface area contributed by atoms with Crippen LogP contribution in [-0.4, -0.2) is 44.6 Å². The van der Waals surface area contributed by atoms with E-state index in [4.69, 9.17) is 39.8 Å². The van der Waals surface area contributed by atoms with Gasteiger partial charge in [-0.1, -0.05) is 53.5 Å². The number of nitrogens with zero attached hydrogens (tertiary/aromatic N) is 3. The van der Waals surface area contributed by atoms with Crippen molar-refractivity contribution >= 4 is 40.9 Å². The van der Waals surface area contributed by atoms with E-state index in [2.05, 4.69) is 15.6 Å². The molecule has 0 fully saturated rings. The van der Waals surface area contributed by atoms with Crippen LogP contribution in [0.2, 0.25) is 10.0 Å². The van der Waals surface area contributed by atoms with Crippen LogP contribution < -0.4 is 22.1 Å². The third-order valence-electron chi connectivity index (χ3n) is 6.11. The number of hydrogen-bond donors (Lipinski definition) is 4. The number of primary amides is 2. The van der Waals surface area contributed by atoms with Gasteiger partial charge in [-0.05, 0) is 42.0 Å². The van der Waals surface area contributed by atoms with Crippen LogP contribution in [0.1, 0.15) is 17.7 Å². The first-order chi connectivity index (χ1) is 19.2. The number of nitrogens with two attached hydrogens (primary N) is 2. The number of benzene rings is 2. The number of rotatable bonds is 12. The molecule has 4 aromatic rings. The maximum atomic E-state index is 12.8. The summed E-state index contributed by atoms with van der Waals surface area (Å²) in [7, 11) is 0. The molecule has 2 aromatic heterocycles. The van der Waals surface area contributed by atoms with E-state index in [1.807, 2.05) is 42.5 Å². The molecular weight excluding hydrogens is 553 g/mol. The number of halogens is 2. The van der Waals surface area contributed by atoms with Crippen molar-refractivity contribution in [3.05, 3.63) is 100 Å². The average molecular weight is 580 g/mol. The fraction of sp³-hybridized carbons (Fsp3) is 0.179. The zero-order chi connectivity index (χ0) is 28.6. The first kappa shape index (κ1) is 28.8. The molecule has 2 heterocycles. The number of carbonyl (C=O) groups excluding carboxylic acids is 3. The van der Waals surface area contributed by atoms with Crippen LogP contribution in [0.15, 0.2) is 79.1 Å². The summed E-state index contributed by atoms with van der Waals surface area (Å²) >= 11 is 12.3. The molecule has 0 saturated carbocycles.